The van der Waals surface area contributed by atoms with Crippen LogP contribution in [-0.4, -0.2) is 32.8 Å². The molecule has 0 fully saturated rings. The van der Waals surface area contributed by atoms with E-state index >= 15 is 0 Å². The molecule has 0 unspecified atom stereocenters. The molecule has 1 aromatic carbocycles. The van der Waals surface area contributed by atoms with Gasteiger partial charge >= 0.3 is 0 Å². The van der Waals surface area contributed by atoms with E-state index in [1.165, 1.54) is 12.5 Å². The minimum atomic E-state index is -3.19. The number of guanidine groups is 1. The van der Waals surface area contributed by atoms with E-state index in [1.54, 1.807) is 32.2 Å². The van der Waals surface area contributed by atoms with Crippen LogP contribution in [0.2, 0.25) is 0 Å². The third-order valence-corrected chi connectivity index (χ3v) is 4.51. The summed E-state index contributed by atoms with van der Waals surface area (Å²) in [5.41, 5.74) is 2.48. The van der Waals surface area contributed by atoms with Gasteiger partial charge in [-0.2, -0.15) is 0 Å². The second-order valence-electron chi connectivity index (χ2n) is 5.14. The Morgan fingerprint density at radius 3 is 2.50 bits per heavy atom. The number of rotatable bonds is 5. The highest BCUT2D eigenvalue weighted by molar-refractivity contribution is 14.0. The fourth-order valence-corrected chi connectivity index (χ4v) is 3.11. The van der Waals surface area contributed by atoms with Crippen molar-refractivity contribution in [2.24, 2.45) is 4.99 Å². The minimum Gasteiger partial charge on any atom is -0.364 e. The maximum atomic E-state index is 11.6. The molecule has 0 spiro atoms. The molecule has 0 amide bonds. The first-order chi connectivity index (χ1) is 10.9. The summed E-state index contributed by atoms with van der Waals surface area (Å²) in [6, 6.07) is 7.05. The van der Waals surface area contributed by atoms with Crippen LogP contribution >= 0.6 is 24.0 Å². The minimum absolute atomic E-state index is 0. The van der Waals surface area contributed by atoms with Gasteiger partial charge < -0.3 is 15.2 Å². The number of aliphatic imine (C=N–C) groups is 1. The van der Waals surface area contributed by atoms with Crippen molar-refractivity contribution in [1.82, 2.24) is 15.8 Å². The quantitative estimate of drug-likeness (QED) is 0.399. The first-order valence-corrected chi connectivity index (χ1v) is 8.92. The van der Waals surface area contributed by atoms with Gasteiger partial charge in [0.05, 0.1) is 11.4 Å². The Morgan fingerprint density at radius 2 is 1.96 bits per heavy atom. The summed E-state index contributed by atoms with van der Waals surface area (Å²) in [6.45, 7) is 2.82. The lowest BCUT2D eigenvalue weighted by atomic mass is 10.1. The van der Waals surface area contributed by atoms with E-state index in [0.29, 0.717) is 23.9 Å². The number of aryl methyl sites for hydroxylation is 1. The van der Waals surface area contributed by atoms with E-state index in [2.05, 4.69) is 20.8 Å². The highest BCUT2D eigenvalue weighted by Gasteiger charge is 2.11. The number of aromatic nitrogens is 1. The monoisotopic (exact) mass is 464 g/mol. The van der Waals surface area contributed by atoms with Gasteiger partial charge in [0, 0.05) is 25.9 Å². The van der Waals surface area contributed by atoms with Gasteiger partial charge in [0.25, 0.3) is 0 Å². The van der Waals surface area contributed by atoms with Gasteiger partial charge in [-0.05, 0) is 24.1 Å². The Balaban J connectivity index is 0.00000288. The molecular weight excluding hydrogens is 443 g/mol. The average Bonchev–Trinajstić information content (AvgIpc) is 2.99. The Labute approximate surface area is 158 Å². The summed E-state index contributed by atoms with van der Waals surface area (Å²) in [6.07, 6.45) is 2.72. The van der Waals surface area contributed by atoms with Gasteiger partial charge in [-0.3, -0.25) is 4.99 Å². The highest BCUT2D eigenvalue weighted by Crippen LogP contribution is 2.16. The molecule has 0 saturated carbocycles. The van der Waals surface area contributed by atoms with Crippen LogP contribution in [0.1, 0.15) is 16.8 Å². The summed E-state index contributed by atoms with van der Waals surface area (Å²) >= 11 is 0. The summed E-state index contributed by atoms with van der Waals surface area (Å²) in [4.78, 5) is 4.48. The zero-order valence-corrected chi connectivity index (χ0v) is 16.9. The molecule has 0 aliphatic rings. The summed E-state index contributed by atoms with van der Waals surface area (Å²) in [5, 5.41) is 10.1. The van der Waals surface area contributed by atoms with Crippen LogP contribution in [0.15, 0.2) is 44.9 Å². The smallest absolute Gasteiger partial charge is 0.191 e. The van der Waals surface area contributed by atoms with E-state index < -0.39 is 9.84 Å². The lowest BCUT2D eigenvalue weighted by Gasteiger charge is -2.12. The fourth-order valence-electron chi connectivity index (χ4n) is 2.15. The molecule has 132 valence electrons. The maximum absolute atomic E-state index is 11.6. The first kappa shape index (κ1) is 20.4. The van der Waals surface area contributed by atoms with Crippen molar-refractivity contribution in [1.29, 1.82) is 0 Å². The van der Waals surface area contributed by atoms with Gasteiger partial charge in [0.2, 0.25) is 0 Å². The van der Waals surface area contributed by atoms with Crippen LogP contribution in [0.4, 0.5) is 0 Å². The van der Waals surface area contributed by atoms with Crippen LogP contribution < -0.4 is 10.6 Å². The fraction of sp³-hybridized carbons (Fsp3) is 0.333. The molecule has 0 saturated heterocycles. The molecule has 0 aliphatic heterocycles. The van der Waals surface area contributed by atoms with Crippen molar-refractivity contribution in [3.63, 3.8) is 0 Å². The number of halogens is 1. The Kier molecular flexibility index (Phi) is 7.67. The summed E-state index contributed by atoms with van der Waals surface area (Å²) < 4.78 is 28.0. The van der Waals surface area contributed by atoms with E-state index in [4.69, 9.17) is 4.52 Å². The SMILES string of the molecule is CN=C(NCc1ccc(S(C)(=O)=O)c(C)c1)NCc1ccon1.I. The molecule has 24 heavy (non-hydrogen) atoms. The summed E-state index contributed by atoms with van der Waals surface area (Å²) in [5.74, 6) is 0.623. The third-order valence-electron chi connectivity index (χ3n) is 3.25. The molecule has 0 atom stereocenters. The molecule has 9 heteroatoms. The van der Waals surface area contributed by atoms with Crippen LogP contribution in [-0.2, 0) is 22.9 Å². The predicted molar refractivity (Wildman–Crippen MR) is 103 cm³/mol. The second-order valence-corrected chi connectivity index (χ2v) is 7.13. The molecule has 7 nitrogen and oxygen atoms in total. The van der Waals surface area contributed by atoms with E-state index in [-0.39, 0.29) is 24.0 Å². The number of hydrogen-bond donors (Lipinski definition) is 2. The van der Waals surface area contributed by atoms with Crippen molar-refractivity contribution in [2.45, 2.75) is 24.9 Å². The molecular formula is C15H21IN4O3S. The third kappa shape index (κ3) is 5.78. The molecule has 0 aliphatic carbocycles. The number of benzene rings is 1. The van der Waals surface area contributed by atoms with E-state index in [1.807, 2.05) is 6.07 Å². The van der Waals surface area contributed by atoms with E-state index in [9.17, 15) is 8.42 Å². The van der Waals surface area contributed by atoms with Crippen LogP contribution in [0, 0.1) is 6.92 Å². The van der Waals surface area contributed by atoms with Crippen molar-refractivity contribution in [3.05, 3.63) is 47.3 Å². The highest BCUT2D eigenvalue weighted by atomic mass is 127. The molecule has 0 bridgehead atoms. The Hall–Kier alpha value is -1.62. The Bertz CT molecular complexity index is 789. The molecule has 1 aromatic heterocycles. The molecule has 0 radical (unpaired) electrons. The standard InChI is InChI=1S/C15H20N4O3S.HI/c1-11-8-12(4-5-14(11)23(3,20)21)9-17-15(16-2)18-10-13-6-7-22-19-13;/h4-8H,9-10H2,1-3H3,(H2,16,17,18);1H. The van der Waals surface area contributed by atoms with Crippen LogP contribution in [0.5, 0.6) is 0 Å². The van der Waals surface area contributed by atoms with Gasteiger partial charge in [-0.1, -0.05) is 17.3 Å². The second kappa shape index (κ2) is 9.02. The normalized spacial score (nSPS) is 11.7. The predicted octanol–water partition coefficient (Wildman–Crippen LogP) is 1.87. The maximum Gasteiger partial charge on any atom is 0.191 e. The van der Waals surface area contributed by atoms with Gasteiger partial charge in [0.15, 0.2) is 15.8 Å². The molecule has 2 N–H and O–H groups in total. The molecule has 1 heterocycles. The molecule has 2 aromatic rings. The number of sulfone groups is 1. The van der Waals surface area contributed by atoms with Crippen molar-refractivity contribution < 1.29 is 12.9 Å². The van der Waals surface area contributed by atoms with Gasteiger partial charge in [-0.25, -0.2) is 8.42 Å². The lowest BCUT2D eigenvalue weighted by molar-refractivity contribution is 0.410. The largest absolute Gasteiger partial charge is 0.364 e. The topological polar surface area (TPSA) is 96.6 Å². The van der Waals surface area contributed by atoms with Gasteiger partial charge in [-0.15, -0.1) is 24.0 Å². The number of nitrogens with one attached hydrogen (secondary N) is 2. The zero-order chi connectivity index (χ0) is 16.9. The lowest BCUT2D eigenvalue weighted by Crippen LogP contribution is -2.36. The number of hydrogen-bond acceptors (Lipinski definition) is 5. The summed E-state index contributed by atoms with van der Waals surface area (Å²) in [7, 11) is -1.52. The Morgan fingerprint density at radius 1 is 1.25 bits per heavy atom. The first-order valence-electron chi connectivity index (χ1n) is 7.03. The zero-order valence-electron chi connectivity index (χ0n) is 13.7. The van der Waals surface area contributed by atoms with Crippen LogP contribution in [0.3, 0.4) is 0 Å². The van der Waals surface area contributed by atoms with E-state index in [0.717, 1.165) is 16.8 Å². The van der Waals surface area contributed by atoms with Crippen molar-refractivity contribution in [2.75, 3.05) is 13.3 Å². The van der Waals surface area contributed by atoms with Crippen molar-refractivity contribution >= 4 is 39.8 Å². The van der Waals surface area contributed by atoms with Crippen molar-refractivity contribution in [3.8, 4) is 0 Å². The molecule has 2 rings (SSSR count). The number of nitrogens with zero attached hydrogens (tertiary/aromatic N) is 2. The average molecular weight is 464 g/mol. The van der Waals surface area contributed by atoms with Crippen LogP contribution in [0.25, 0.3) is 0 Å². The van der Waals surface area contributed by atoms with Gasteiger partial charge in [0.1, 0.15) is 12.0 Å².